The molecule has 8 heteroatoms. The monoisotopic (exact) mass is 263 g/mol. The average molecular weight is 263 g/mol. The second kappa shape index (κ2) is 5.02. The largest absolute Gasteiger partial charge is 0.324 e. The molecule has 1 aromatic heterocycles. The summed E-state index contributed by atoms with van der Waals surface area (Å²) < 4.78 is 0. The molecule has 0 spiro atoms. The zero-order chi connectivity index (χ0) is 14.0. The number of hydrazine groups is 1. The van der Waals surface area contributed by atoms with E-state index in [9.17, 15) is 14.4 Å². The van der Waals surface area contributed by atoms with Crippen molar-refractivity contribution >= 4 is 23.4 Å². The van der Waals surface area contributed by atoms with E-state index in [0.29, 0.717) is 5.69 Å². The van der Waals surface area contributed by atoms with Gasteiger partial charge in [0.25, 0.3) is 5.91 Å². The molecule has 1 aliphatic heterocycles. The summed E-state index contributed by atoms with van der Waals surface area (Å²) >= 11 is 0. The number of piperazine rings is 1. The number of hydrogen-bond acceptors (Lipinski definition) is 6. The molecule has 1 saturated heterocycles. The maximum Gasteiger partial charge on any atom is 0.273 e. The third-order valence-corrected chi connectivity index (χ3v) is 2.83. The summed E-state index contributed by atoms with van der Waals surface area (Å²) in [6.07, 6.45) is 1.42. The topological polar surface area (TPSA) is 117 Å². The summed E-state index contributed by atoms with van der Waals surface area (Å²) in [6.45, 7) is 1.37. The maximum absolute atomic E-state index is 12.2. The molecule has 8 nitrogen and oxygen atoms in total. The number of nitrogens with one attached hydrogen (secondary N) is 2. The van der Waals surface area contributed by atoms with Crippen LogP contribution in [0.3, 0.4) is 0 Å². The molecule has 2 rings (SSSR count). The standard InChI is InChI=1S/C11H13N5O3/c1-6-10(18)14-9(17)5-16(6)11(19)8-4-7(15-12)2-3-13-8/h2-4,6H,5,12H2,1H3,(H,13,15)(H,14,17,18). The lowest BCUT2D eigenvalue weighted by Gasteiger charge is -2.31. The van der Waals surface area contributed by atoms with E-state index in [1.807, 2.05) is 0 Å². The fraction of sp³-hybridized carbons (Fsp3) is 0.273. The molecule has 0 aliphatic carbocycles. The predicted octanol–water partition coefficient (Wildman–Crippen LogP) is -1.15. The van der Waals surface area contributed by atoms with E-state index in [1.54, 1.807) is 13.0 Å². The third kappa shape index (κ3) is 2.52. The third-order valence-electron chi connectivity index (χ3n) is 2.83. The van der Waals surface area contributed by atoms with Gasteiger partial charge in [-0.15, -0.1) is 0 Å². The van der Waals surface area contributed by atoms with Gasteiger partial charge in [0.2, 0.25) is 11.8 Å². The number of imide groups is 1. The zero-order valence-corrected chi connectivity index (χ0v) is 10.2. The second-order valence-electron chi connectivity index (χ2n) is 4.10. The van der Waals surface area contributed by atoms with Gasteiger partial charge in [0.15, 0.2) is 0 Å². The zero-order valence-electron chi connectivity index (χ0n) is 10.2. The fourth-order valence-corrected chi connectivity index (χ4v) is 1.75. The Morgan fingerprint density at radius 3 is 3.00 bits per heavy atom. The number of aromatic nitrogens is 1. The summed E-state index contributed by atoms with van der Waals surface area (Å²) in [4.78, 5) is 40.1. The number of nitrogens with two attached hydrogens (primary N) is 1. The first-order valence-corrected chi connectivity index (χ1v) is 5.60. The van der Waals surface area contributed by atoms with Crippen molar-refractivity contribution in [2.45, 2.75) is 13.0 Å². The predicted molar refractivity (Wildman–Crippen MR) is 65.7 cm³/mol. The minimum Gasteiger partial charge on any atom is -0.324 e. The van der Waals surface area contributed by atoms with Crippen molar-refractivity contribution in [1.29, 1.82) is 0 Å². The highest BCUT2D eigenvalue weighted by Crippen LogP contribution is 2.12. The Morgan fingerprint density at radius 1 is 1.58 bits per heavy atom. The first-order chi connectivity index (χ1) is 9.02. The average Bonchev–Trinajstić information content (AvgIpc) is 2.42. The van der Waals surface area contributed by atoms with Crippen LogP contribution in [0, 0.1) is 0 Å². The summed E-state index contributed by atoms with van der Waals surface area (Å²) in [5.74, 6) is 3.74. The van der Waals surface area contributed by atoms with Crippen molar-refractivity contribution in [3.05, 3.63) is 24.0 Å². The van der Waals surface area contributed by atoms with Gasteiger partial charge in [0, 0.05) is 6.20 Å². The van der Waals surface area contributed by atoms with Crippen molar-refractivity contribution in [3.8, 4) is 0 Å². The Bertz CT molecular complexity index is 545. The van der Waals surface area contributed by atoms with Crippen LogP contribution < -0.4 is 16.6 Å². The van der Waals surface area contributed by atoms with Crippen LogP contribution in [0.1, 0.15) is 17.4 Å². The van der Waals surface area contributed by atoms with E-state index < -0.39 is 23.8 Å². The summed E-state index contributed by atoms with van der Waals surface area (Å²) in [5.41, 5.74) is 3.03. The summed E-state index contributed by atoms with van der Waals surface area (Å²) in [5, 5.41) is 2.16. The minimum absolute atomic E-state index is 0.116. The molecule has 3 amide bonds. The van der Waals surface area contributed by atoms with E-state index in [-0.39, 0.29) is 12.2 Å². The Labute approximate surface area is 108 Å². The highest BCUT2D eigenvalue weighted by Gasteiger charge is 2.34. The quantitative estimate of drug-likeness (QED) is 0.352. The lowest BCUT2D eigenvalue weighted by atomic mass is 10.1. The molecule has 1 aromatic rings. The molecule has 4 N–H and O–H groups in total. The van der Waals surface area contributed by atoms with Gasteiger partial charge in [-0.1, -0.05) is 0 Å². The molecule has 0 bridgehead atoms. The number of amides is 3. The van der Waals surface area contributed by atoms with E-state index in [4.69, 9.17) is 5.84 Å². The van der Waals surface area contributed by atoms with Crippen LogP contribution in [-0.2, 0) is 9.59 Å². The van der Waals surface area contributed by atoms with Crippen molar-refractivity contribution in [1.82, 2.24) is 15.2 Å². The molecule has 1 fully saturated rings. The van der Waals surface area contributed by atoms with Gasteiger partial charge in [-0.3, -0.25) is 30.5 Å². The smallest absolute Gasteiger partial charge is 0.273 e. The molecule has 100 valence electrons. The molecule has 19 heavy (non-hydrogen) atoms. The minimum atomic E-state index is -0.721. The number of hydrogen-bond donors (Lipinski definition) is 3. The van der Waals surface area contributed by atoms with Gasteiger partial charge in [0.1, 0.15) is 18.3 Å². The molecule has 1 atom stereocenters. The Morgan fingerprint density at radius 2 is 2.32 bits per heavy atom. The van der Waals surface area contributed by atoms with E-state index in [2.05, 4.69) is 15.7 Å². The number of carbonyl (C=O) groups excluding carboxylic acids is 3. The van der Waals surface area contributed by atoms with Gasteiger partial charge in [-0.2, -0.15) is 0 Å². The van der Waals surface area contributed by atoms with E-state index in [1.165, 1.54) is 17.2 Å². The van der Waals surface area contributed by atoms with Gasteiger partial charge < -0.3 is 10.3 Å². The number of carbonyl (C=O) groups is 3. The highest BCUT2D eigenvalue weighted by molar-refractivity contribution is 6.06. The highest BCUT2D eigenvalue weighted by atomic mass is 16.2. The normalized spacial score (nSPS) is 19.1. The number of rotatable bonds is 2. The number of nitrogen functional groups attached to an aromatic ring is 1. The Kier molecular flexibility index (Phi) is 3.43. The number of pyridine rings is 1. The fourth-order valence-electron chi connectivity index (χ4n) is 1.75. The van der Waals surface area contributed by atoms with Gasteiger partial charge in [-0.05, 0) is 19.1 Å². The maximum atomic E-state index is 12.2. The van der Waals surface area contributed by atoms with E-state index in [0.717, 1.165) is 0 Å². The molecule has 1 unspecified atom stereocenters. The Hall–Kier alpha value is -2.48. The van der Waals surface area contributed by atoms with Crippen molar-refractivity contribution < 1.29 is 14.4 Å². The summed E-state index contributed by atoms with van der Waals surface area (Å²) in [6, 6.07) is 2.32. The van der Waals surface area contributed by atoms with Gasteiger partial charge >= 0.3 is 0 Å². The van der Waals surface area contributed by atoms with E-state index >= 15 is 0 Å². The lowest BCUT2D eigenvalue weighted by Crippen LogP contribution is -2.58. The van der Waals surface area contributed by atoms with Crippen molar-refractivity contribution in [3.63, 3.8) is 0 Å². The molecule has 0 radical (unpaired) electrons. The van der Waals surface area contributed by atoms with Crippen LogP contribution >= 0.6 is 0 Å². The second-order valence-corrected chi connectivity index (χ2v) is 4.10. The van der Waals surface area contributed by atoms with Crippen LogP contribution in [0.2, 0.25) is 0 Å². The van der Waals surface area contributed by atoms with Crippen LogP contribution in [-0.4, -0.2) is 40.2 Å². The van der Waals surface area contributed by atoms with Crippen LogP contribution in [0.25, 0.3) is 0 Å². The van der Waals surface area contributed by atoms with Crippen LogP contribution in [0.4, 0.5) is 5.69 Å². The van der Waals surface area contributed by atoms with Gasteiger partial charge in [-0.25, -0.2) is 0 Å². The first-order valence-electron chi connectivity index (χ1n) is 5.60. The number of nitrogens with zero attached hydrogens (tertiary/aromatic N) is 2. The Balaban J connectivity index is 2.27. The van der Waals surface area contributed by atoms with Crippen LogP contribution in [0.15, 0.2) is 18.3 Å². The van der Waals surface area contributed by atoms with Crippen LogP contribution in [0.5, 0.6) is 0 Å². The molecule has 0 aromatic carbocycles. The number of anilines is 1. The summed E-state index contributed by atoms with van der Waals surface area (Å²) in [7, 11) is 0. The molecular weight excluding hydrogens is 250 g/mol. The van der Waals surface area contributed by atoms with Crippen molar-refractivity contribution in [2.75, 3.05) is 12.0 Å². The SMILES string of the molecule is CC1C(=O)NC(=O)CN1C(=O)c1cc(NN)ccn1. The molecule has 1 aliphatic rings. The van der Waals surface area contributed by atoms with Gasteiger partial charge in [0.05, 0.1) is 5.69 Å². The lowest BCUT2D eigenvalue weighted by molar-refractivity contribution is -0.138. The van der Waals surface area contributed by atoms with Crippen molar-refractivity contribution in [2.24, 2.45) is 5.84 Å². The molecular formula is C11H13N5O3. The first kappa shape index (κ1) is 13.0. The molecule has 2 heterocycles. The molecule has 0 saturated carbocycles.